The lowest BCUT2D eigenvalue weighted by atomic mass is 10.1. The normalized spacial score (nSPS) is 15.8. The highest BCUT2D eigenvalue weighted by atomic mass is 35.5. The second-order valence-corrected chi connectivity index (χ2v) is 7.22. The van der Waals surface area contributed by atoms with Gasteiger partial charge in [-0.15, -0.1) is 0 Å². The summed E-state index contributed by atoms with van der Waals surface area (Å²) < 4.78 is 5.90. The molecule has 2 aromatic rings. The van der Waals surface area contributed by atoms with Crippen LogP contribution in [-0.4, -0.2) is 22.6 Å². The lowest BCUT2D eigenvalue weighted by molar-refractivity contribution is -0.122. The molecule has 0 radical (unpaired) electrons. The Labute approximate surface area is 161 Å². The zero-order valence-electron chi connectivity index (χ0n) is 14.3. The summed E-state index contributed by atoms with van der Waals surface area (Å²) in [7, 11) is 0. The molecule has 2 amide bonds. The van der Waals surface area contributed by atoms with Crippen molar-refractivity contribution in [3.63, 3.8) is 0 Å². The van der Waals surface area contributed by atoms with E-state index in [-0.39, 0.29) is 11.1 Å². The topological polar surface area (TPSA) is 46.6 Å². The minimum atomic E-state index is -0.241. The van der Waals surface area contributed by atoms with Crippen LogP contribution in [0.15, 0.2) is 53.4 Å². The molecule has 3 rings (SSSR count). The number of imide groups is 1. The van der Waals surface area contributed by atoms with Gasteiger partial charge in [-0.3, -0.25) is 14.5 Å². The second-order valence-electron chi connectivity index (χ2n) is 5.79. The molecular formula is C20H18ClNO3S. The van der Waals surface area contributed by atoms with Gasteiger partial charge in [0.05, 0.1) is 4.91 Å². The van der Waals surface area contributed by atoms with Crippen LogP contribution in [-0.2, 0) is 11.4 Å². The minimum Gasteiger partial charge on any atom is -0.488 e. The number of hydrogen-bond acceptors (Lipinski definition) is 4. The Morgan fingerprint density at radius 1 is 1.12 bits per heavy atom. The van der Waals surface area contributed by atoms with Crippen molar-refractivity contribution < 1.29 is 14.3 Å². The van der Waals surface area contributed by atoms with Gasteiger partial charge in [-0.05, 0) is 48.0 Å². The summed E-state index contributed by atoms with van der Waals surface area (Å²) in [5.74, 6) is 0.416. The van der Waals surface area contributed by atoms with Crippen molar-refractivity contribution >= 4 is 40.6 Å². The zero-order valence-corrected chi connectivity index (χ0v) is 15.8. The maximum absolute atomic E-state index is 12.4. The van der Waals surface area contributed by atoms with Crippen molar-refractivity contribution in [2.75, 3.05) is 6.54 Å². The van der Waals surface area contributed by atoms with E-state index in [1.165, 1.54) is 4.90 Å². The number of halogens is 1. The molecule has 134 valence electrons. The van der Waals surface area contributed by atoms with Gasteiger partial charge in [0.1, 0.15) is 12.4 Å². The minimum absolute atomic E-state index is 0.220. The van der Waals surface area contributed by atoms with Crippen molar-refractivity contribution in [1.29, 1.82) is 0 Å². The summed E-state index contributed by atoms with van der Waals surface area (Å²) in [6, 6.07) is 14.9. The molecule has 0 bridgehead atoms. The zero-order chi connectivity index (χ0) is 18.5. The third kappa shape index (κ3) is 4.29. The van der Waals surface area contributed by atoms with Crippen LogP contribution in [0.2, 0.25) is 5.02 Å². The molecule has 0 unspecified atom stereocenters. The van der Waals surface area contributed by atoms with Crippen LogP contribution in [0, 0.1) is 0 Å². The number of thioether (sulfide) groups is 1. The smallest absolute Gasteiger partial charge is 0.293 e. The van der Waals surface area contributed by atoms with Gasteiger partial charge in [-0.1, -0.05) is 48.9 Å². The molecule has 26 heavy (non-hydrogen) atoms. The third-order valence-corrected chi connectivity index (χ3v) is 4.99. The first-order valence-corrected chi connectivity index (χ1v) is 9.49. The highest BCUT2D eigenvalue weighted by molar-refractivity contribution is 8.18. The van der Waals surface area contributed by atoms with Crippen molar-refractivity contribution in [3.8, 4) is 5.75 Å². The number of benzene rings is 2. The fourth-order valence-electron chi connectivity index (χ4n) is 2.53. The number of ether oxygens (including phenoxy) is 1. The number of carbonyl (C=O) groups is 2. The van der Waals surface area contributed by atoms with Gasteiger partial charge in [0.25, 0.3) is 11.1 Å². The summed E-state index contributed by atoms with van der Waals surface area (Å²) in [5.41, 5.74) is 1.76. The molecule has 1 saturated heterocycles. The highest BCUT2D eigenvalue weighted by Crippen LogP contribution is 2.34. The molecular weight excluding hydrogens is 370 g/mol. The lowest BCUT2D eigenvalue weighted by Crippen LogP contribution is -2.28. The molecule has 1 aliphatic rings. The van der Waals surface area contributed by atoms with Gasteiger partial charge in [0.2, 0.25) is 0 Å². The molecule has 0 aromatic heterocycles. The van der Waals surface area contributed by atoms with E-state index in [0.717, 1.165) is 29.3 Å². The van der Waals surface area contributed by atoms with Crippen molar-refractivity contribution in [3.05, 3.63) is 69.6 Å². The Bertz CT molecular complexity index is 848. The number of hydrogen-bond donors (Lipinski definition) is 0. The molecule has 0 spiro atoms. The molecule has 0 saturated carbocycles. The lowest BCUT2D eigenvalue weighted by Gasteiger charge is -2.11. The van der Waals surface area contributed by atoms with E-state index in [4.69, 9.17) is 16.3 Å². The average Bonchev–Trinajstić information content (AvgIpc) is 2.90. The molecule has 1 aliphatic heterocycles. The standard InChI is InChI=1S/C20H18ClNO3S/c1-2-11-22-19(23)18(26-20(22)24)12-15-5-3-4-6-17(15)25-13-14-7-9-16(21)10-8-14/h3-10,12H,2,11,13H2,1H3/b18-12+. The van der Waals surface area contributed by atoms with Crippen LogP contribution < -0.4 is 4.74 Å². The molecule has 1 fully saturated rings. The van der Waals surface area contributed by atoms with E-state index in [0.29, 0.717) is 28.8 Å². The summed E-state index contributed by atoms with van der Waals surface area (Å²) in [6.45, 7) is 2.77. The van der Waals surface area contributed by atoms with Crippen LogP contribution in [0.25, 0.3) is 6.08 Å². The Kier molecular flexibility index (Phi) is 6.01. The maximum Gasteiger partial charge on any atom is 0.293 e. The summed E-state index contributed by atoms with van der Waals surface area (Å²) in [6.07, 6.45) is 2.46. The first kappa shape index (κ1) is 18.5. The van der Waals surface area contributed by atoms with Crippen molar-refractivity contribution in [1.82, 2.24) is 4.90 Å². The van der Waals surface area contributed by atoms with E-state index in [1.807, 2.05) is 55.5 Å². The SMILES string of the molecule is CCCN1C(=O)S/C(=C/c2ccccc2OCc2ccc(Cl)cc2)C1=O. The number of para-hydroxylation sites is 1. The quantitative estimate of drug-likeness (QED) is 0.625. The van der Waals surface area contributed by atoms with Crippen molar-refractivity contribution in [2.45, 2.75) is 20.0 Å². The van der Waals surface area contributed by atoms with Crippen LogP contribution in [0.1, 0.15) is 24.5 Å². The van der Waals surface area contributed by atoms with E-state index >= 15 is 0 Å². The fourth-order valence-corrected chi connectivity index (χ4v) is 3.51. The molecule has 1 heterocycles. The van der Waals surface area contributed by atoms with E-state index in [1.54, 1.807) is 6.08 Å². The Hall–Kier alpha value is -2.24. The predicted octanol–water partition coefficient (Wildman–Crippen LogP) is 5.37. The largest absolute Gasteiger partial charge is 0.488 e. The van der Waals surface area contributed by atoms with E-state index < -0.39 is 0 Å². The first-order chi connectivity index (χ1) is 12.6. The average molecular weight is 388 g/mol. The predicted molar refractivity (Wildman–Crippen MR) is 105 cm³/mol. The number of rotatable bonds is 6. The molecule has 0 atom stereocenters. The maximum atomic E-state index is 12.4. The summed E-state index contributed by atoms with van der Waals surface area (Å²) in [4.78, 5) is 26.1. The van der Waals surface area contributed by atoms with Gasteiger partial charge in [-0.25, -0.2) is 0 Å². The first-order valence-electron chi connectivity index (χ1n) is 8.30. The molecule has 0 N–H and O–H groups in total. The fraction of sp³-hybridized carbons (Fsp3) is 0.200. The Balaban J connectivity index is 1.78. The summed E-state index contributed by atoms with van der Waals surface area (Å²) in [5, 5.41) is 0.458. The van der Waals surface area contributed by atoms with Crippen LogP contribution in [0.3, 0.4) is 0 Å². The van der Waals surface area contributed by atoms with Crippen LogP contribution in [0.4, 0.5) is 4.79 Å². The Morgan fingerprint density at radius 2 is 1.85 bits per heavy atom. The third-order valence-electron chi connectivity index (χ3n) is 3.83. The Morgan fingerprint density at radius 3 is 2.58 bits per heavy atom. The number of amides is 2. The van der Waals surface area contributed by atoms with E-state index in [9.17, 15) is 9.59 Å². The van der Waals surface area contributed by atoms with Gasteiger partial charge < -0.3 is 4.74 Å². The number of nitrogens with zero attached hydrogens (tertiary/aromatic N) is 1. The van der Waals surface area contributed by atoms with Crippen molar-refractivity contribution in [2.24, 2.45) is 0 Å². The van der Waals surface area contributed by atoms with Crippen LogP contribution >= 0.6 is 23.4 Å². The molecule has 0 aliphatic carbocycles. The van der Waals surface area contributed by atoms with Gasteiger partial charge in [-0.2, -0.15) is 0 Å². The van der Waals surface area contributed by atoms with E-state index in [2.05, 4.69) is 0 Å². The molecule has 4 nitrogen and oxygen atoms in total. The van der Waals surface area contributed by atoms with Crippen LogP contribution in [0.5, 0.6) is 5.75 Å². The van der Waals surface area contributed by atoms with Gasteiger partial charge in [0.15, 0.2) is 0 Å². The molecule has 2 aromatic carbocycles. The molecule has 6 heteroatoms. The van der Waals surface area contributed by atoms with Gasteiger partial charge >= 0.3 is 0 Å². The number of carbonyl (C=O) groups excluding carboxylic acids is 2. The second kappa shape index (κ2) is 8.43. The monoisotopic (exact) mass is 387 g/mol. The highest BCUT2D eigenvalue weighted by Gasteiger charge is 2.34. The summed E-state index contributed by atoms with van der Waals surface area (Å²) >= 11 is 6.86. The van der Waals surface area contributed by atoms with Gasteiger partial charge in [0, 0.05) is 17.1 Å².